The molecule has 150 valence electrons. The lowest BCUT2D eigenvalue weighted by molar-refractivity contribution is -0.907. The smallest absolute Gasteiger partial charge is 0.298 e. The van der Waals surface area contributed by atoms with Crippen molar-refractivity contribution in [1.82, 2.24) is 4.90 Å². The molecule has 0 atom stereocenters. The molecular formula is C23H26N3O2S+. The maximum absolute atomic E-state index is 12.8. The number of piperazine rings is 1. The van der Waals surface area contributed by atoms with Crippen molar-refractivity contribution in [2.75, 3.05) is 37.7 Å². The van der Waals surface area contributed by atoms with Gasteiger partial charge in [-0.1, -0.05) is 42.0 Å². The number of carbonyl (C=O) groups is 2. The Kier molecular flexibility index (Phi) is 5.74. The molecule has 6 heteroatoms. The number of amides is 2. The van der Waals surface area contributed by atoms with Crippen molar-refractivity contribution < 1.29 is 14.5 Å². The first-order valence-corrected chi connectivity index (χ1v) is 10.8. The zero-order chi connectivity index (χ0) is 20.4. The molecule has 1 N–H and O–H groups in total. The second-order valence-corrected chi connectivity index (χ2v) is 8.75. The average molecular weight is 409 g/mol. The first-order valence-electron chi connectivity index (χ1n) is 9.97. The number of imide groups is 1. The third-order valence-corrected chi connectivity index (χ3v) is 6.38. The van der Waals surface area contributed by atoms with Crippen molar-refractivity contribution in [3.63, 3.8) is 0 Å². The van der Waals surface area contributed by atoms with Crippen molar-refractivity contribution >= 4 is 34.7 Å². The summed E-state index contributed by atoms with van der Waals surface area (Å²) in [5.74, 6) is -0.172. The average Bonchev–Trinajstić information content (AvgIpc) is 2.98. The number of rotatable bonds is 4. The molecule has 0 unspecified atom stereocenters. The fraction of sp³-hybridized carbons (Fsp3) is 0.304. The van der Waals surface area contributed by atoms with E-state index in [2.05, 4.69) is 36.1 Å². The van der Waals surface area contributed by atoms with Gasteiger partial charge in [-0.3, -0.25) is 9.59 Å². The molecule has 2 saturated heterocycles. The van der Waals surface area contributed by atoms with Crippen molar-refractivity contribution in [2.24, 2.45) is 0 Å². The maximum atomic E-state index is 12.8. The fourth-order valence-corrected chi connectivity index (χ4v) is 4.58. The highest BCUT2D eigenvalue weighted by molar-refractivity contribution is 8.18. The van der Waals surface area contributed by atoms with Crippen molar-refractivity contribution in [1.29, 1.82) is 0 Å². The molecule has 0 saturated carbocycles. The van der Waals surface area contributed by atoms with E-state index in [1.807, 2.05) is 37.3 Å². The topological polar surface area (TPSA) is 45.1 Å². The quantitative estimate of drug-likeness (QED) is 0.791. The number of quaternary nitrogens is 1. The van der Waals surface area contributed by atoms with Crippen LogP contribution in [0, 0.1) is 13.8 Å². The van der Waals surface area contributed by atoms with Crippen LogP contribution in [0.25, 0.3) is 6.08 Å². The first-order chi connectivity index (χ1) is 14.0. The van der Waals surface area contributed by atoms with E-state index < -0.39 is 0 Å². The summed E-state index contributed by atoms with van der Waals surface area (Å²) in [6.45, 7) is 8.24. The Hall–Kier alpha value is -2.57. The molecule has 0 aromatic heterocycles. The summed E-state index contributed by atoms with van der Waals surface area (Å²) in [5, 5.41) is -0.165. The van der Waals surface area contributed by atoms with Crippen LogP contribution in [0.1, 0.15) is 16.7 Å². The van der Waals surface area contributed by atoms with Crippen LogP contribution in [0.15, 0.2) is 53.4 Å². The van der Waals surface area contributed by atoms with Crippen molar-refractivity contribution in [3.05, 3.63) is 70.1 Å². The Bertz CT molecular complexity index is 947. The zero-order valence-electron chi connectivity index (χ0n) is 16.9. The molecule has 0 radical (unpaired) electrons. The van der Waals surface area contributed by atoms with Crippen LogP contribution in [-0.4, -0.2) is 48.9 Å². The van der Waals surface area contributed by atoms with Crippen molar-refractivity contribution in [3.8, 4) is 0 Å². The monoisotopic (exact) mass is 408 g/mol. The van der Waals surface area contributed by atoms with Gasteiger partial charge in [-0.25, -0.2) is 4.90 Å². The maximum Gasteiger partial charge on any atom is 0.298 e. The summed E-state index contributed by atoms with van der Waals surface area (Å²) >= 11 is 1.04. The van der Waals surface area contributed by atoms with Crippen LogP contribution in [0.5, 0.6) is 0 Å². The summed E-state index contributed by atoms with van der Waals surface area (Å²) in [4.78, 5) is 30.8. The molecule has 0 spiro atoms. The van der Waals surface area contributed by atoms with E-state index in [0.29, 0.717) is 11.6 Å². The molecule has 2 fully saturated rings. The molecule has 2 aliphatic rings. The lowest BCUT2D eigenvalue weighted by atomic mass is 10.1. The van der Waals surface area contributed by atoms with Crippen LogP contribution in [-0.2, 0) is 4.79 Å². The van der Waals surface area contributed by atoms with Crippen LogP contribution in [0.2, 0.25) is 0 Å². The van der Waals surface area contributed by atoms with E-state index in [9.17, 15) is 9.59 Å². The standard InChI is InChI=1S/C23H25N3O2S/c1-17-6-8-19(9-7-17)15-21-22(27)26(23(28)29-21)16-24-10-12-25(13-11-24)20-5-3-4-18(2)14-20/h3-9,14-15H,10-13,16H2,1-2H3/p+1/b21-15+. The minimum Gasteiger partial charge on any atom is -0.360 e. The third kappa shape index (κ3) is 4.54. The predicted octanol–water partition coefficient (Wildman–Crippen LogP) is 2.70. The lowest BCUT2D eigenvalue weighted by Crippen LogP contribution is -3.16. The predicted molar refractivity (Wildman–Crippen MR) is 118 cm³/mol. The number of thioether (sulfide) groups is 1. The van der Waals surface area contributed by atoms with Gasteiger partial charge >= 0.3 is 0 Å². The number of benzene rings is 2. The van der Waals surface area contributed by atoms with Gasteiger partial charge < -0.3 is 9.80 Å². The summed E-state index contributed by atoms with van der Waals surface area (Å²) in [5.41, 5.74) is 4.62. The second-order valence-electron chi connectivity index (χ2n) is 7.75. The number of hydrogen-bond acceptors (Lipinski definition) is 4. The van der Waals surface area contributed by atoms with Gasteiger partial charge in [0.15, 0.2) is 6.67 Å². The van der Waals surface area contributed by atoms with Crippen LogP contribution >= 0.6 is 11.8 Å². The zero-order valence-corrected chi connectivity index (χ0v) is 17.7. The Morgan fingerprint density at radius 3 is 2.41 bits per heavy atom. The molecule has 2 aromatic carbocycles. The molecule has 2 amide bonds. The molecule has 5 nitrogen and oxygen atoms in total. The third-order valence-electron chi connectivity index (χ3n) is 5.47. The highest BCUT2D eigenvalue weighted by Gasteiger charge is 2.38. The Balaban J connectivity index is 1.37. The Morgan fingerprint density at radius 1 is 1.00 bits per heavy atom. The Morgan fingerprint density at radius 2 is 1.72 bits per heavy atom. The summed E-state index contributed by atoms with van der Waals surface area (Å²) < 4.78 is 0. The van der Waals surface area contributed by atoms with E-state index in [-0.39, 0.29) is 11.1 Å². The largest absolute Gasteiger partial charge is 0.360 e. The summed E-state index contributed by atoms with van der Waals surface area (Å²) in [6.07, 6.45) is 1.81. The normalized spacial score (nSPS) is 19.4. The molecule has 2 aromatic rings. The summed E-state index contributed by atoms with van der Waals surface area (Å²) in [6, 6.07) is 16.5. The molecule has 2 aliphatic heterocycles. The minimum absolute atomic E-state index is 0.165. The van der Waals surface area contributed by atoms with Crippen LogP contribution in [0.3, 0.4) is 0 Å². The van der Waals surface area contributed by atoms with E-state index >= 15 is 0 Å². The fourth-order valence-electron chi connectivity index (χ4n) is 3.74. The second kappa shape index (κ2) is 8.43. The minimum atomic E-state index is -0.172. The molecule has 2 heterocycles. The highest BCUT2D eigenvalue weighted by atomic mass is 32.2. The van der Waals surface area contributed by atoms with Gasteiger partial charge in [0.1, 0.15) is 0 Å². The van der Waals surface area contributed by atoms with Gasteiger partial charge in [-0.15, -0.1) is 0 Å². The number of nitrogens with one attached hydrogen (secondary N) is 1. The van der Waals surface area contributed by atoms with E-state index in [4.69, 9.17) is 0 Å². The van der Waals surface area contributed by atoms with Crippen LogP contribution in [0.4, 0.5) is 10.5 Å². The van der Waals surface area contributed by atoms with Gasteiger partial charge in [0.2, 0.25) is 0 Å². The van der Waals surface area contributed by atoms with Gasteiger partial charge in [-0.05, 0) is 54.9 Å². The van der Waals surface area contributed by atoms with Crippen molar-refractivity contribution in [2.45, 2.75) is 13.8 Å². The lowest BCUT2D eigenvalue weighted by Gasteiger charge is -2.34. The van der Waals surface area contributed by atoms with Gasteiger partial charge in [0, 0.05) is 5.69 Å². The van der Waals surface area contributed by atoms with Crippen LogP contribution < -0.4 is 9.80 Å². The van der Waals surface area contributed by atoms with Gasteiger partial charge in [0.05, 0.1) is 31.1 Å². The SMILES string of the molecule is Cc1ccc(/C=C2/SC(=O)N(C[NH+]3CCN(c4cccc(C)c4)CC3)C2=O)cc1. The number of aryl methyl sites for hydroxylation is 2. The molecule has 0 aliphatic carbocycles. The number of hydrogen-bond donors (Lipinski definition) is 1. The number of anilines is 1. The number of nitrogens with zero attached hydrogens (tertiary/aromatic N) is 2. The van der Waals surface area contributed by atoms with Gasteiger partial charge in [0.25, 0.3) is 11.1 Å². The molecule has 4 rings (SSSR count). The first kappa shape index (κ1) is 19.7. The van der Waals surface area contributed by atoms with E-state index in [1.165, 1.54) is 26.6 Å². The molecule has 0 bridgehead atoms. The number of carbonyl (C=O) groups excluding carboxylic acids is 2. The Labute approximate surface area is 176 Å². The van der Waals surface area contributed by atoms with E-state index in [1.54, 1.807) is 0 Å². The molecular weight excluding hydrogens is 382 g/mol. The van der Waals surface area contributed by atoms with Gasteiger partial charge in [-0.2, -0.15) is 0 Å². The summed E-state index contributed by atoms with van der Waals surface area (Å²) in [7, 11) is 0. The van der Waals surface area contributed by atoms with E-state index in [0.717, 1.165) is 43.5 Å². The highest BCUT2D eigenvalue weighted by Crippen LogP contribution is 2.31. The molecule has 29 heavy (non-hydrogen) atoms.